The first-order valence-electron chi connectivity index (χ1n) is 6.96. The van der Waals surface area contributed by atoms with Gasteiger partial charge in [-0.1, -0.05) is 18.2 Å². The maximum absolute atomic E-state index is 14.0. The minimum atomic E-state index is -1.24. The summed E-state index contributed by atoms with van der Waals surface area (Å²) in [5.74, 6) is 0.704. The summed E-state index contributed by atoms with van der Waals surface area (Å²) in [5.41, 5.74) is 2.15. The van der Waals surface area contributed by atoms with E-state index in [1.807, 2.05) is 6.07 Å². The molecule has 1 atom stereocenters. The second-order valence-electron chi connectivity index (χ2n) is 6.03. The van der Waals surface area contributed by atoms with Crippen molar-refractivity contribution in [3.05, 3.63) is 34.9 Å². The molecule has 100 valence electrons. The van der Waals surface area contributed by atoms with Crippen molar-refractivity contribution in [2.45, 2.75) is 45.7 Å². The minimum Gasteiger partial charge on any atom is -0.316 e. The predicted octanol–water partition coefficient (Wildman–Crippen LogP) is 3.74. The van der Waals surface area contributed by atoms with Crippen molar-refractivity contribution in [2.75, 3.05) is 13.1 Å². The number of hydrogen-bond acceptors (Lipinski definition) is 1. The highest BCUT2D eigenvalue weighted by atomic mass is 19.1. The van der Waals surface area contributed by atoms with Gasteiger partial charge in [0, 0.05) is 0 Å². The molecule has 0 aliphatic carbocycles. The van der Waals surface area contributed by atoms with Crippen LogP contribution in [0, 0.1) is 12.8 Å². The molecule has 1 aliphatic heterocycles. The fourth-order valence-electron chi connectivity index (χ4n) is 2.67. The number of hydrogen-bond donors (Lipinski definition) is 1. The SMILES string of the molecule is Cc1ccc(C(C)(C)F)cc1CC1CCCNC1. The lowest BCUT2D eigenvalue weighted by Gasteiger charge is -2.24. The molecule has 0 amide bonds. The van der Waals surface area contributed by atoms with Crippen LogP contribution < -0.4 is 5.32 Å². The molecular formula is C16H24FN. The topological polar surface area (TPSA) is 12.0 Å². The van der Waals surface area contributed by atoms with E-state index >= 15 is 0 Å². The summed E-state index contributed by atoms with van der Waals surface area (Å²) in [4.78, 5) is 0. The van der Waals surface area contributed by atoms with E-state index in [0.717, 1.165) is 25.1 Å². The monoisotopic (exact) mass is 249 g/mol. The quantitative estimate of drug-likeness (QED) is 0.860. The lowest BCUT2D eigenvalue weighted by Crippen LogP contribution is -2.31. The Kier molecular flexibility index (Phi) is 4.06. The van der Waals surface area contributed by atoms with Crippen LogP contribution in [-0.2, 0) is 12.1 Å². The summed E-state index contributed by atoms with van der Waals surface area (Å²) in [7, 11) is 0. The number of aryl methyl sites for hydroxylation is 1. The van der Waals surface area contributed by atoms with E-state index in [1.54, 1.807) is 13.8 Å². The van der Waals surface area contributed by atoms with E-state index in [0.29, 0.717) is 5.92 Å². The van der Waals surface area contributed by atoms with Gasteiger partial charge in [-0.2, -0.15) is 0 Å². The van der Waals surface area contributed by atoms with Crippen LogP contribution in [0.15, 0.2) is 18.2 Å². The van der Waals surface area contributed by atoms with Crippen molar-refractivity contribution >= 4 is 0 Å². The van der Waals surface area contributed by atoms with Gasteiger partial charge in [0.1, 0.15) is 5.67 Å². The highest BCUT2D eigenvalue weighted by Gasteiger charge is 2.21. The van der Waals surface area contributed by atoms with E-state index in [9.17, 15) is 4.39 Å². The third kappa shape index (κ3) is 3.32. The molecule has 1 unspecified atom stereocenters. The summed E-state index contributed by atoms with van der Waals surface area (Å²) in [6, 6.07) is 6.03. The number of benzene rings is 1. The van der Waals surface area contributed by atoms with Crippen LogP contribution >= 0.6 is 0 Å². The van der Waals surface area contributed by atoms with Gasteiger partial charge in [-0.05, 0) is 75.7 Å². The second-order valence-corrected chi connectivity index (χ2v) is 6.03. The first kappa shape index (κ1) is 13.5. The molecule has 1 aromatic rings. The smallest absolute Gasteiger partial charge is 0.130 e. The molecule has 18 heavy (non-hydrogen) atoms. The van der Waals surface area contributed by atoms with E-state index in [2.05, 4.69) is 24.4 Å². The largest absolute Gasteiger partial charge is 0.316 e. The van der Waals surface area contributed by atoms with Gasteiger partial charge in [0.05, 0.1) is 0 Å². The number of alkyl halides is 1. The maximum atomic E-state index is 14.0. The normalized spacial score (nSPS) is 21.0. The predicted molar refractivity (Wildman–Crippen MR) is 74.6 cm³/mol. The van der Waals surface area contributed by atoms with Crippen molar-refractivity contribution in [3.8, 4) is 0 Å². The Hall–Kier alpha value is -0.890. The molecule has 2 rings (SSSR count). The summed E-state index contributed by atoms with van der Waals surface area (Å²) in [6.07, 6.45) is 3.62. The van der Waals surface area contributed by atoms with E-state index in [4.69, 9.17) is 0 Å². The summed E-state index contributed by atoms with van der Waals surface area (Å²) < 4.78 is 14.0. The number of piperidine rings is 1. The van der Waals surface area contributed by atoms with Crippen molar-refractivity contribution in [2.24, 2.45) is 5.92 Å². The van der Waals surface area contributed by atoms with Gasteiger partial charge in [0.25, 0.3) is 0 Å². The lowest BCUT2D eigenvalue weighted by atomic mass is 9.88. The van der Waals surface area contributed by atoms with Gasteiger partial charge in [0.2, 0.25) is 0 Å². The zero-order chi connectivity index (χ0) is 13.2. The Balaban J connectivity index is 2.15. The standard InChI is InChI=1S/C16H24FN/c1-12-6-7-15(16(2,3)17)10-14(12)9-13-5-4-8-18-11-13/h6-7,10,13,18H,4-5,8-9,11H2,1-3H3. The van der Waals surface area contributed by atoms with Crippen molar-refractivity contribution in [3.63, 3.8) is 0 Å². The van der Waals surface area contributed by atoms with Gasteiger partial charge in [0.15, 0.2) is 0 Å². The van der Waals surface area contributed by atoms with Crippen LogP contribution in [-0.4, -0.2) is 13.1 Å². The molecule has 1 heterocycles. The van der Waals surface area contributed by atoms with Crippen LogP contribution in [0.1, 0.15) is 43.4 Å². The molecular weight excluding hydrogens is 225 g/mol. The Bertz CT molecular complexity index is 400. The van der Waals surface area contributed by atoms with Crippen LogP contribution in [0.4, 0.5) is 4.39 Å². The molecule has 0 saturated carbocycles. The Morgan fingerprint density at radius 1 is 1.39 bits per heavy atom. The molecule has 1 aromatic carbocycles. The van der Waals surface area contributed by atoms with Gasteiger partial charge in [-0.15, -0.1) is 0 Å². The van der Waals surface area contributed by atoms with Gasteiger partial charge >= 0.3 is 0 Å². The molecule has 0 radical (unpaired) electrons. The summed E-state index contributed by atoms with van der Waals surface area (Å²) in [6.45, 7) is 7.63. The van der Waals surface area contributed by atoms with Crippen LogP contribution in [0.25, 0.3) is 0 Å². The number of halogens is 1. The average molecular weight is 249 g/mol. The number of rotatable bonds is 3. The second kappa shape index (κ2) is 5.40. The van der Waals surface area contributed by atoms with E-state index in [1.165, 1.54) is 24.0 Å². The van der Waals surface area contributed by atoms with Crippen molar-refractivity contribution in [1.29, 1.82) is 0 Å². The molecule has 1 saturated heterocycles. The van der Waals surface area contributed by atoms with Gasteiger partial charge in [-0.25, -0.2) is 4.39 Å². The fourth-order valence-corrected chi connectivity index (χ4v) is 2.67. The average Bonchev–Trinajstić information content (AvgIpc) is 2.32. The Morgan fingerprint density at radius 2 is 2.17 bits per heavy atom. The molecule has 1 N–H and O–H groups in total. The van der Waals surface area contributed by atoms with Crippen LogP contribution in [0.2, 0.25) is 0 Å². The zero-order valence-electron chi connectivity index (χ0n) is 11.7. The van der Waals surface area contributed by atoms with Crippen molar-refractivity contribution < 1.29 is 4.39 Å². The Morgan fingerprint density at radius 3 is 2.78 bits per heavy atom. The summed E-state index contributed by atoms with van der Waals surface area (Å²) in [5, 5.41) is 3.45. The summed E-state index contributed by atoms with van der Waals surface area (Å²) >= 11 is 0. The fraction of sp³-hybridized carbons (Fsp3) is 0.625. The molecule has 0 aromatic heterocycles. The molecule has 2 heteroatoms. The lowest BCUT2D eigenvalue weighted by molar-refractivity contribution is 0.221. The highest BCUT2D eigenvalue weighted by Crippen LogP contribution is 2.28. The third-order valence-electron chi connectivity index (χ3n) is 3.94. The maximum Gasteiger partial charge on any atom is 0.130 e. The van der Waals surface area contributed by atoms with E-state index < -0.39 is 5.67 Å². The number of nitrogens with one attached hydrogen (secondary N) is 1. The highest BCUT2D eigenvalue weighted by molar-refractivity contribution is 5.34. The van der Waals surface area contributed by atoms with Gasteiger partial charge < -0.3 is 5.32 Å². The molecule has 1 aliphatic rings. The Labute approximate surface area is 110 Å². The first-order chi connectivity index (χ1) is 8.47. The van der Waals surface area contributed by atoms with Crippen molar-refractivity contribution in [1.82, 2.24) is 5.32 Å². The molecule has 1 fully saturated rings. The molecule has 0 bridgehead atoms. The first-order valence-corrected chi connectivity index (χ1v) is 6.96. The van der Waals surface area contributed by atoms with Crippen LogP contribution in [0.5, 0.6) is 0 Å². The van der Waals surface area contributed by atoms with Crippen LogP contribution in [0.3, 0.4) is 0 Å². The van der Waals surface area contributed by atoms with E-state index in [-0.39, 0.29) is 0 Å². The zero-order valence-corrected chi connectivity index (χ0v) is 11.7. The third-order valence-corrected chi connectivity index (χ3v) is 3.94. The van der Waals surface area contributed by atoms with Gasteiger partial charge in [-0.3, -0.25) is 0 Å². The minimum absolute atomic E-state index is 0.704. The molecule has 1 nitrogen and oxygen atoms in total. The molecule has 0 spiro atoms.